The number of nitrogens with two attached hydrogens (primary N) is 1. The second-order valence-corrected chi connectivity index (χ2v) is 2.45. The molecule has 0 aliphatic rings. The first-order valence-corrected chi connectivity index (χ1v) is 2.71. The van der Waals surface area contributed by atoms with E-state index < -0.39 is 5.85 Å². The molecule has 0 rings (SSSR count). The summed E-state index contributed by atoms with van der Waals surface area (Å²) in [6, 6.07) is 0.218. The molecule has 0 radical (unpaired) electrons. The van der Waals surface area contributed by atoms with Crippen molar-refractivity contribution in [2.45, 2.75) is 32.7 Å². The molecule has 1 atom stereocenters. The van der Waals surface area contributed by atoms with E-state index in [1.165, 1.54) is 6.92 Å². The molecule has 0 fully saturated rings. The highest BCUT2D eigenvalue weighted by Crippen LogP contribution is 1.87. The van der Waals surface area contributed by atoms with Gasteiger partial charge in [-0.15, -0.1) is 0 Å². The topological polar surface area (TPSA) is 58.3 Å². The van der Waals surface area contributed by atoms with Gasteiger partial charge in [0.1, 0.15) is 0 Å². The van der Waals surface area contributed by atoms with Crippen LogP contribution < -0.4 is 11.1 Å². The molecule has 0 amide bonds. The monoisotopic (exact) mass is 118 g/mol. The summed E-state index contributed by atoms with van der Waals surface area (Å²) in [5.41, 5.74) is 5.18. The first-order chi connectivity index (χ1) is 3.42. The summed E-state index contributed by atoms with van der Waals surface area (Å²) in [7, 11) is 0. The Morgan fingerprint density at radius 1 is 1.62 bits per heavy atom. The van der Waals surface area contributed by atoms with Crippen LogP contribution in [0.3, 0.4) is 0 Å². The molecule has 50 valence electrons. The van der Waals surface area contributed by atoms with Gasteiger partial charge in [-0.05, 0) is 20.8 Å². The summed E-state index contributed by atoms with van der Waals surface area (Å²) in [6.45, 7) is 5.34. The van der Waals surface area contributed by atoms with Crippen LogP contribution in [0, 0.1) is 0 Å². The predicted molar refractivity (Wildman–Crippen MR) is 33.1 cm³/mol. The summed E-state index contributed by atoms with van der Waals surface area (Å²) < 4.78 is 0. The minimum Gasteiger partial charge on any atom is -0.363 e. The Morgan fingerprint density at radius 2 is 2.00 bits per heavy atom. The van der Waals surface area contributed by atoms with Crippen molar-refractivity contribution in [1.29, 1.82) is 0 Å². The zero-order valence-electron chi connectivity index (χ0n) is 5.60. The van der Waals surface area contributed by atoms with Gasteiger partial charge in [0.2, 0.25) is 0 Å². The first-order valence-electron chi connectivity index (χ1n) is 2.71. The Kier molecular flexibility index (Phi) is 2.40. The SMILES string of the molecule is CC(C)NC(C)(N)O. The van der Waals surface area contributed by atoms with Gasteiger partial charge < -0.3 is 5.11 Å². The largest absolute Gasteiger partial charge is 0.363 e. The summed E-state index contributed by atoms with van der Waals surface area (Å²) >= 11 is 0. The minimum absolute atomic E-state index is 0.218. The molecule has 8 heavy (non-hydrogen) atoms. The van der Waals surface area contributed by atoms with Crippen molar-refractivity contribution in [1.82, 2.24) is 5.32 Å². The lowest BCUT2D eigenvalue weighted by atomic mass is 10.3. The zero-order valence-corrected chi connectivity index (χ0v) is 5.60. The van der Waals surface area contributed by atoms with Crippen molar-refractivity contribution < 1.29 is 5.11 Å². The Bertz CT molecular complexity index is 65.3. The molecular weight excluding hydrogens is 104 g/mol. The summed E-state index contributed by atoms with van der Waals surface area (Å²) in [6.07, 6.45) is 0. The standard InChI is InChI=1S/C5H14N2O/c1-4(2)7-5(3,6)8/h4,7-8H,6H2,1-3H3. The third kappa shape index (κ3) is 5.88. The lowest BCUT2D eigenvalue weighted by molar-refractivity contribution is 0.0227. The Balaban J connectivity index is 3.39. The molecule has 1 unspecified atom stereocenters. The molecule has 0 aliphatic carbocycles. The normalized spacial score (nSPS) is 18.8. The zero-order chi connectivity index (χ0) is 6.78. The molecule has 3 nitrogen and oxygen atoms in total. The first kappa shape index (κ1) is 7.88. The van der Waals surface area contributed by atoms with Crippen molar-refractivity contribution in [2.75, 3.05) is 0 Å². The van der Waals surface area contributed by atoms with Gasteiger partial charge in [-0.1, -0.05) is 0 Å². The molecule has 0 aromatic heterocycles. The van der Waals surface area contributed by atoms with Crippen LogP contribution >= 0.6 is 0 Å². The molecule has 0 spiro atoms. The van der Waals surface area contributed by atoms with Gasteiger partial charge in [0.25, 0.3) is 0 Å². The van der Waals surface area contributed by atoms with Crippen LogP contribution in [0.1, 0.15) is 20.8 Å². The molecule has 3 heteroatoms. The third-order valence-corrected chi connectivity index (χ3v) is 0.581. The Morgan fingerprint density at radius 3 is 2.00 bits per heavy atom. The van der Waals surface area contributed by atoms with Crippen LogP contribution in [0.4, 0.5) is 0 Å². The average molecular weight is 118 g/mol. The van der Waals surface area contributed by atoms with E-state index in [2.05, 4.69) is 5.32 Å². The molecule has 0 saturated carbocycles. The fraction of sp³-hybridized carbons (Fsp3) is 1.00. The van der Waals surface area contributed by atoms with E-state index in [0.717, 1.165) is 0 Å². The van der Waals surface area contributed by atoms with Gasteiger partial charge in [0.15, 0.2) is 5.85 Å². The minimum atomic E-state index is -1.23. The predicted octanol–water partition coefficient (Wildman–Crippen LogP) is -0.391. The van der Waals surface area contributed by atoms with Crippen molar-refractivity contribution in [3.8, 4) is 0 Å². The summed E-state index contributed by atoms with van der Waals surface area (Å²) in [5, 5.41) is 11.6. The van der Waals surface area contributed by atoms with Crippen LogP contribution in [0.5, 0.6) is 0 Å². The van der Waals surface area contributed by atoms with Gasteiger partial charge in [0, 0.05) is 6.04 Å². The molecule has 0 saturated heterocycles. The van der Waals surface area contributed by atoms with E-state index in [0.29, 0.717) is 0 Å². The second kappa shape index (κ2) is 2.44. The summed E-state index contributed by atoms with van der Waals surface area (Å²) in [4.78, 5) is 0. The molecule has 0 aliphatic heterocycles. The van der Waals surface area contributed by atoms with Gasteiger partial charge in [-0.25, -0.2) is 0 Å². The lowest BCUT2D eigenvalue weighted by Gasteiger charge is -2.21. The quantitative estimate of drug-likeness (QED) is 0.433. The summed E-state index contributed by atoms with van der Waals surface area (Å²) in [5.74, 6) is -1.23. The van der Waals surface area contributed by atoms with Gasteiger partial charge >= 0.3 is 0 Å². The van der Waals surface area contributed by atoms with E-state index in [1.54, 1.807) is 0 Å². The number of rotatable bonds is 2. The van der Waals surface area contributed by atoms with Crippen LogP contribution in [-0.4, -0.2) is 17.0 Å². The highest BCUT2D eigenvalue weighted by molar-refractivity contribution is 4.62. The number of nitrogens with one attached hydrogen (secondary N) is 1. The molecule has 0 heterocycles. The third-order valence-electron chi connectivity index (χ3n) is 0.581. The molecule has 0 aromatic rings. The van der Waals surface area contributed by atoms with Gasteiger partial charge in [-0.3, -0.25) is 11.1 Å². The Labute approximate surface area is 49.9 Å². The maximum Gasteiger partial charge on any atom is 0.166 e. The van der Waals surface area contributed by atoms with Crippen molar-refractivity contribution in [3.63, 3.8) is 0 Å². The number of hydrogen-bond acceptors (Lipinski definition) is 3. The number of aliphatic hydroxyl groups is 1. The van der Waals surface area contributed by atoms with Crippen LogP contribution in [-0.2, 0) is 0 Å². The average Bonchev–Trinajstić information content (AvgIpc) is 1.21. The van der Waals surface area contributed by atoms with Crippen molar-refractivity contribution in [2.24, 2.45) is 5.73 Å². The van der Waals surface area contributed by atoms with E-state index in [4.69, 9.17) is 10.8 Å². The maximum absolute atomic E-state index is 8.85. The van der Waals surface area contributed by atoms with E-state index >= 15 is 0 Å². The molecule has 0 aromatic carbocycles. The van der Waals surface area contributed by atoms with Crippen LogP contribution in [0.25, 0.3) is 0 Å². The van der Waals surface area contributed by atoms with Crippen molar-refractivity contribution >= 4 is 0 Å². The molecule has 0 bridgehead atoms. The van der Waals surface area contributed by atoms with Gasteiger partial charge in [-0.2, -0.15) is 0 Å². The number of hydrogen-bond donors (Lipinski definition) is 3. The highest BCUT2D eigenvalue weighted by atomic mass is 16.3. The van der Waals surface area contributed by atoms with Crippen LogP contribution in [0.15, 0.2) is 0 Å². The van der Waals surface area contributed by atoms with E-state index in [9.17, 15) is 0 Å². The van der Waals surface area contributed by atoms with Gasteiger partial charge in [0.05, 0.1) is 0 Å². The lowest BCUT2D eigenvalue weighted by Crippen LogP contribution is -2.53. The fourth-order valence-corrected chi connectivity index (χ4v) is 0.584. The van der Waals surface area contributed by atoms with Crippen molar-refractivity contribution in [3.05, 3.63) is 0 Å². The smallest absolute Gasteiger partial charge is 0.166 e. The van der Waals surface area contributed by atoms with Crippen LogP contribution in [0.2, 0.25) is 0 Å². The molecule has 4 N–H and O–H groups in total. The second-order valence-electron chi connectivity index (χ2n) is 2.45. The molecular formula is C5H14N2O. The Hall–Kier alpha value is -0.120. The highest BCUT2D eigenvalue weighted by Gasteiger charge is 2.11. The van der Waals surface area contributed by atoms with E-state index in [1.807, 2.05) is 13.8 Å². The van der Waals surface area contributed by atoms with E-state index in [-0.39, 0.29) is 6.04 Å². The maximum atomic E-state index is 8.85. The fourth-order valence-electron chi connectivity index (χ4n) is 0.584.